The van der Waals surface area contributed by atoms with E-state index in [2.05, 4.69) is 50.8 Å². The molecule has 0 amide bonds. The van der Waals surface area contributed by atoms with Crippen molar-refractivity contribution in [2.75, 3.05) is 26.0 Å². The second-order valence-corrected chi connectivity index (χ2v) is 5.44. The van der Waals surface area contributed by atoms with E-state index < -0.39 is 0 Å². The van der Waals surface area contributed by atoms with Gasteiger partial charge in [0.25, 0.3) is 0 Å². The van der Waals surface area contributed by atoms with E-state index in [1.54, 1.807) is 7.11 Å². The largest absolute Gasteiger partial charge is 0.496 e. The zero-order valence-corrected chi connectivity index (χ0v) is 12.1. The zero-order valence-electron chi connectivity index (χ0n) is 11.2. The van der Waals surface area contributed by atoms with Gasteiger partial charge in [-0.05, 0) is 13.0 Å². The predicted molar refractivity (Wildman–Crippen MR) is 77.5 cm³/mol. The molecule has 0 radical (unpaired) electrons. The average Bonchev–Trinajstić information content (AvgIpc) is 2.29. The molecule has 0 bridgehead atoms. The quantitative estimate of drug-likeness (QED) is 0.601. The van der Waals surface area contributed by atoms with Crippen LogP contribution in [0.25, 0.3) is 0 Å². The number of hydrogen-bond acceptors (Lipinski definition) is 3. The Labute approximate surface area is 110 Å². The first-order chi connectivity index (χ1) is 8.01. The predicted octanol–water partition coefficient (Wildman–Crippen LogP) is 2.80. The molecule has 1 aromatic rings. The Kier molecular flexibility index (Phi) is 5.34. The van der Waals surface area contributed by atoms with E-state index in [0.717, 1.165) is 24.6 Å². The first kappa shape index (κ1) is 14.4. The first-order valence-electron chi connectivity index (χ1n) is 5.98. The Hall–Kier alpha value is -0.670. The molecule has 0 aromatic heterocycles. The summed E-state index contributed by atoms with van der Waals surface area (Å²) >= 11 is 4.21. The minimum atomic E-state index is 0.0559. The van der Waals surface area contributed by atoms with Crippen LogP contribution in [0.5, 0.6) is 5.75 Å². The standard InChI is InChI=1S/C14H23NOS/c1-11-5-6-13(16-4)12(9-11)14(2,3)10-15-7-8-17/h5-6,9,15,17H,7-8,10H2,1-4H3. The number of benzene rings is 1. The SMILES string of the molecule is COc1ccc(C)cc1C(C)(C)CNCCS. The smallest absolute Gasteiger partial charge is 0.122 e. The maximum atomic E-state index is 5.45. The third kappa shape index (κ3) is 3.93. The summed E-state index contributed by atoms with van der Waals surface area (Å²) in [6, 6.07) is 6.34. The maximum Gasteiger partial charge on any atom is 0.122 e. The molecule has 17 heavy (non-hydrogen) atoms. The van der Waals surface area contributed by atoms with Gasteiger partial charge in [0.05, 0.1) is 7.11 Å². The van der Waals surface area contributed by atoms with Gasteiger partial charge in [0, 0.05) is 29.8 Å². The highest BCUT2D eigenvalue weighted by Crippen LogP contribution is 2.31. The normalized spacial score (nSPS) is 11.6. The van der Waals surface area contributed by atoms with Gasteiger partial charge >= 0.3 is 0 Å². The van der Waals surface area contributed by atoms with Crippen molar-refractivity contribution in [2.45, 2.75) is 26.2 Å². The van der Waals surface area contributed by atoms with Crippen LogP contribution in [0.1, 0.15) is 25.0 Å². The van der Waals surface area contributed by atoms with Crippen LogP contribution in [-0.4, -0.2) is 26.0 Å². The molecule has 0 unspecified atom stereocenters. The van der Waals surface area contributed by atoms with E-state index >= 15 is 0 Å². The average molecular weight is 253 g/mol. The molecule has 3 heteroatoms. The van der Waals surface area contributed by atoms with Crippen LogP contribution in [0.4, 0.5) is 0 Å². The van der Waals surface area contributed by atoms with Crippen molar-refractivity contribution in [3.8, 4) is 5.75 Å². The zero-order chi connectivity index (χ0) is 12.9. The third-order valence-corrected chi connectivity index (χ3v) is 3.16. The number of aryl methyl sites for hydroxylation is 1. The summed E-state index contributed by atoms with van der Waals surface area (Å²) in [6.45, 7) is 8.43. The van der Waals surface area contributed by atoms with Gasteiger partial charge in [-0.3, -0.25) is 0 Å². The van der Waals surface area contributed by atoms with Crippen LogP contribution < -0.4 is 10.1 Å². The molecule has 0 aliphatic carbocycles. The monoisotopic (exact) mass is 253 g/mol. The molecule has 0 saturated heterocycles. The lowest BCUT2D eigenvalue weighted by atomic mass is 9.83. The lowest BCUT2D eigenvalue weighted by Gasteiger charge is -2.28. The molecule has 1 rings (SSSR count). The highest BCUT2D eigenvalue weighted by molar-refractivity contribution is 7.80. The van der Waals surface area contributed by atoms with Crippen molar-refractivity contribution in [1.82, 2.24) is 5.32 Å². The lowest BCUT2D eigenvalue weighted by molar-refractivity contribution is 0.387. The minimum absolute atomic E-state index is 0.0559. The fourth-order valence-corrected chi connectivity index (χ4v) is 2.08. The molecule has 0 spiro atoms. The fourth-order valence-electron chi connectivity index (χ4n) is 1.93. The van der Waals surface area contributed by atoms with E-state index in [4.69, 9.17) is 4.74 Å². The second kappa shape index (κ2) is 6.31. The molecule has 0 atom stereocenters. The minimum Gasteiger partial charge on any atom is -0.496 e. The number of ether oxygens (including phenoxy) is 1. The van der Waals surface area contributed by atoms with Crippen molar-refractivity contribution < 1.29 is 4.74 Å². The van der Waals surface area contributed by atoms with Gasteiger partial charge in [-0.2, -0.15) is 12.6 Å². The number of thiol groups is 1. The summed E-state index contributed by atoms with van der Waals surface area (Å²) < 4.78 is 5.45. The fraction of sp³-hybridized carbons (Fsp3) is 0.571. The highest BCUT2D eigenvalue weighted by atomic mass is 32.1. The molecule has 1 N–H and O–H groups in total. The molecule has 0 saturated carbocycles. The van der Waals surface area contributed by atoms with Crippen LogP contribution in [0.2, 0.25) is 0 Å². The number of methoxy groups -OCH3 is 1. The molecule has 0 fully saturated rings. The lowest BCUT2D eigenvalue weighted by Crippen LogP contribution is -2.34. The molecular weight excluding hydrogens is 230 g/mol. The van der Waals surface area contributed by atoms with Crippen LogP contribution in [0.15, 0.2) is 18.2 Å². The van der Waals surface area contributed by atoms with Crippen molar-refractivity contribution in [3.63, 3.8) is 0 Å². The maximum absolute atomic E-state index is 5.45. The van der Waals surface area contributed by atoms with Gasteiger partial charge in [-0.25, -0.2) is 0 Å². The molecule has 96 valence electrons. The molecule has 2 nitrogen and oxygen atoms in total. The summed E-state index contributed by atoms with van der Waals surface area (Å²) in [5, 5.41) is 3.41. The van der Waals surface area contributed by atoms with Gasteiger partial charge in [-0.1, -0.05) is 31.5 Å². The van der Waals surface area contributed by atoms with E-state index in [0.29, 0.717) is 0 Å². The van der Waals surface area contributed by atoms with Crippen LogP contribution in [0, 0.1) is 6.92 Å². The molecular formula is C14H23NOS. The van der Waals surface area contributed by atoms with E-state index in [1.807, 2.05) is 6.07 Å². The van der Waals surface area contributed by atoms with Crippen LogP contribution in [-0.2, 0) is 5.41 Å². The van der Waals surface area contributed by atoms with Gasteiger partial charge in [0.2, 0.25) is 0 Å². The number of rotatable bonds is 6. The second-order valence-electron chi connectivity index (χ2n) is 4.99. The van der Waals surface area contributed by atoms with Crippen LogP contribution >= 0.6 is 12.6 Å². The summed E-state index contributed by atoms with van der Waals surface area (Å²) in [7, 11) is 1.73. The summed E-state index contributed by atoms with van der Waals surface area (Å²) in [5.74, 6) is 1.83. The Bertz CT molecular complexity index is 363. The van der Waals surface area contributed by atoms with Gasteiger partial charge in [0.15, 0.2) is 0 Å². The molecule has 0 aliphatic rings. The van der Waals surface area contributed by atoms with Crippen LogP contribution in [0.3, 0.4) is 0 Å². The van der Waals surface area contributed by atoms with Gasteiger partial charge in [0.1, 0.15) is 5.75 Å². The van der Waals surface area contributed by atoms with E-state index in [1.165, 1.54) is 11.1 Å². The van der Waals surface area contributed by atoms with Gasteiger partial charge < -0.3 is 10.1 Å². The highest BCUT2D eigenvalue weighted by Gasteiger charge is 2.24. The Balaban J connectivity index is 2.91. The third-order valence-electron chi connectivity index (χ3n) is 2.94. The number of nitrogens with one attached hydrogen (secondary N) is 1. The van der Waals surface area contributed by atoms with Gasteiger partial charge in [-0.15, -0.1) is 0 Å². The van der Waals surface area contributed by atoms with Crippen molar-refractivity contribution in [3.05, 3.63) is 29.3 Å². The summed E-state index contributed by atoms with van der Waals surface area (Å²) in [6.07, 6.45) is 0. The Morgan fingerprint density at radius 2 is 2.06 bits per heavy atom. The van der Waals surface area contributed by atoms with Crippen molar-refractivity contribution in [1.29, 1.82) is 0 Å². The number of hydrogen-bond donors (Lipinski definition) is 2. The Morgan fingerprint density at radius 1 is 1.35 bits per heavy atom. The van der Waals surface area contributed by atoms with E-state index in [9.17, 15) is 0 Å². The first-order valence-corrected chi connectivity index (χ1v) is 6.61. The molecule has 0 aliphatic heterocycles. The van der Waals surface area contributed by atoms with Crippen molar-refractivity contribution >= 4 is 12.6 Å². The molecule has 1 aromatic carbocycles. The molecule has 0 heterocycles. The topological polar surface area (TPSA) is 21.3 Å². The van der Waals surface area contributed by atoms with E-state index in [-0.39, 0.29) is 5.41 Å². The summed E-state index contributed by atoms with van der Waals surface area (Å²) in [4.78, 5) is 0. The Morgan fingerprint density at radius 3 is 2.65 bits per heavy atom. The van der Waals surface area contributed by atoms with Crippen molar-refractivity contribution in [2.24, 2.45) is 0 Å². The summed E-state index contributed by atoms with van der Waals surface area (Å²) in [5.41, 5.74) is 2.58.